The highest BCUT2D eigenvalue weighted by Crippen LogP contribution is 2.28. The zero-order chi connectivity index (χ0) is 33.5. The topological polar surface area (TPSA) is 88.1 Å². The van der Waals surface area contributed by atoms with Crippen molar-refractivity contribution in [1.29, 1.82) is 0 Å². The lowest BCUT2D eigenvalue weighted by Crippen LogP contribution is -2.04. The summed E-state index contributed by atoms with van der Waals surface area (Å²) in [5.41, 5.74) is 2.57. The van der Waals surface area contributed by atoms with Crippen molar-refractivity contribution in [3.05, 3.63) is 173 Å². The Labute approximate surface area is 277 Å². The molecule has 6 aromatic carbocycles. The Morgan fingerprint density at radius 2 is 0.542 bits per heavy atom. The second kappa shape index (κ2) is 14.3. The Morgan fingerprint density at radius 1 is 0.333 bits per heavy atom. The van der Waals surface area contributed by atoms with Crippen LogP contribution in [0.3, 0.4) is 0 Å². The lowest BCUT2D eigenvalue weighted by atomic mass is 9.98. The maximum absolute atomic E-state index is 13.2. The van der Waals surface area contributed by atoms with E-state index in [0.29, 0.717) is 62.3 Å². The number of rotatable bonds is 12. The monoisotopic (exact) mass is 634 g/mol. The number of ether oxygens (including phenoxy) is 4. The maximum Gasteiger partial charge on any atom is 0.193 e. The van der Waals surface area contributed by atoms with Crippen molar-refractivity contribution in [3.63, 3.8) is 0 Å². The van der Waals surface area contributed by atoms with Crippen LogP contribution in [0, 0.1) is 0 Å². The summed E-state index contributed by atoms with van der Waals surface area (Å²) in [7, 11) is 1.60. The Morgan fingerprint density at radius 3 is 0.792 bits per heavy atom. The number of hydrogen-bond acceptors (Lipinski definition) is 7. The second-order valence-corrected chi connectivity index (χ2v) is 10.8. The van der Waals surface area contributed by atoms with Gasteiger partial charge in [0.05, 0.1) is 7.11 Å². The highest BCUT2D eigenvalue weighted by molar-refractivity contribution is 6.11. The summed E-state index contributed by atoms with van der Waals surface area (Å²) in [6.45, 7) is 1.52. The number of methoxy groups -OCH3 is 1. The Bertz CT molecular complexity index is 2030. The number of carbonyl (C=O) groups is 3. The highest BCUT2D eigenvalue weighted by Gasteiger charge is 2.13. The summed E-state index contributed by atoms with van der Waals surface area (Å²) in [5.74, 6) is 4.10. The molecule has 0 aliphatic carbocycles. The molecule has 0 aromatic heterocycles. The van der Waals surface area contributed by atoms with Gasteiger partial charge >= 0.3 is 0 Å². The van der Waals surface area contributed by atoms with Crippen molar-refractivity contribution < 1.29 is 33.3 Å². The number of hydrogen-bond donors (Lipinski definition) is 0. The molecule has 6 aromatic rings. The van der Waals surface area contributed by atoms with Crippen LogP contribution in [-0.2, 0) is 0 Å². The second-order valence-electron chi connectivity index (χ2n) is 10.8. The van der Waals surface area contributed by atoms with E-state index in [1.54, 1.807) is 141 Å². The van der Waals surface area contributed by atoms with E-state index in [2.05, 4.69) is 0 Å². The molecule has 0 bridgehead atoms. The first-order valence-corrected chi connectivity index (χ1v) is 15.1. The average molecular weight is 635 g/mol. The largest absolute Gasteiger partial charge is 0.497 e. The van der Waals surface area contributed by atoms with Crippen LogP contribution < -0.4 is 18.9 Å². The Kier molecular flexibility index (Phi) is 9.39. The zero-order valence-electron chi connectivity index (χ0n) is 26.2. The molecule has 0 aliphatic heterocycles. The SMILES string of the molecule is COc1ccc(Oc2ccc(C(=O)c3ccc(C(=O)c4ccc(Oc5ccc(Oc6ccc(C(C)=O)cc6)cc5)cc4)cc3)cc2)cc1. The minimum Gasteiger partial charge on any atom is -0.497 e. The van der Waals surface area contributed by atoms with Gasteiger partial charge in [-0.3, -0.25) is 14.4 Å². The van der Waals surface area contributed by atoms with Crippen LogP contribution in [0.4, 0.5) is 0 Å². The summed E-state index contributed by atoms with van der Waals surface area (Å²) in [6.07, 6.45) is 0. The molecular weight excluding hydrogens is 604 g/mol. The molecule has 6 rings (SSSR count). The smallest absolute Gasteiger partial charge is 0.193 e. The van der Waals surface area contributed by atoms with Crippen LogP contribution in [0.2, 0.25) is 0 Å². The van der Waals surface area contributed by atoms with E-state index in [0.717, 1.165) is 5.75 Å². The fraction of sp³-hybridized carbons (Fsp3) is 0.0488. The van der Waals surface area contributed by atoms with Gasteiger partial charge in [0.2, 0.25) is 0 Å². The minimum atomic E-state index is -0.168. The minimum absolute atomic E-state index is 0.000195. The standard InChI is InChI=1S/C41H30O7/c1-27(42)28-7-13-34(14-8-28)46-38-23-25-39(26-24-38)48-36-17-11-32(12-18-36)41(44)30-5-3-29(4-6-30)40(43)31-9-15-35(16-10-31)47-37-21-19-33(45-2)20-22-37/h3-26H,1-2H3. The van der Waals surface area contributed by atoms with Crippen molar-refractivity contribution >= 4 is 17.3 Å². The van der Waals surface area contributed by atoms with Crippen LogP contribution in [0.25, 0.3) is 0 Å². The van der Waals surface area contributed by atoms with Crippen molar-refractivity contribution in [3.8, 4) is 40.2 Å². The zero-order valence-corrected chi connectivity index (χ0v) is 26.2. The van der Waals surface area contributed by atoms with Gasteiger partial charge in [-0.25, -0.2) is 0 Å². The maximum atomic E-state index is 13.2. The molecule has 0 saturated heterocycles. The van der Waals surface area contributed by atoms with Crippen molar-refractivity contribution in [2.24, 2.45) is 0 Å². The number of ketones is 3. The molecule has 0 N–H and O–H groups in total. The predicted octanol–water partition coefficient (Wildman–Crippen LogP) is 9.74. The molecule has 0 radical (unpaired) electrons. The average Bonchev–Trinajstić information content (AvgIpc) is 3.13. The van der Waals surface area contributed by atoms with Gasteiger partial charge < -0.3 is 18.9 Å². The third-order valence-electron chi connectivity index (χ3n) is 7.49. The van der Waals surface area contributed by atoms with Gasteiger partial charge in [0.15, 0.2) is 17.3 Å². The summed E-state index contributed by atoms with van der Waals surface area (Å²) < 4.78 is 22.8. The molecule has 0 fully saturated rings. The van der Waals surface area contributed by atoms with Crippen molar-refractivity contribution in [2.75, 3.05) is 7.11 Å². The van der Waals surface area contributed by atoms with E-state index in [1.807, 2.05) is 12.1 Å². The van der Waals surface area contributed by atoms with E-state index in [-0.39, 0.29) is 17.3 Å². The molecule has 0 unspecified atom stereocenters. The lowest BCUT2D eigenvalue weighted by Gasteiger charge is -2.09. The predicted molar refractivity (Wildman–Crippen MR) is 182 cm³/mol. The van der Waals surface area contributed by atoms with Gasteiger partial charge in [0.25, 0.3) is 0 Å². The van der Waals surface area contributed by atoms with E-state index in [9.17, 15) is 14.4 Å². The van der Waals surface area contributed by atoms with E-state index in [4.69, 9.17) is 18.9 Å². The first-order chi connectivity index (χ1) is 23.3. The van der Waals surface area contributed by atoms with Crippen LogP contribution in [0.1, 0.15) is 49.1 Å². The third-order valence-corrected chi connectivity index (χ3v) is 7.49. The fourth-order valence-electron chi connectivity index (χ4n) is 4.84. The van der Waals surface area contributed by atoms with Gasteiger partial charge in [-0.1, -0.05) is 24.3 Å². The molecule has 236 valence electrons. The number of carbonyl (C=O) groups excluding carboxylic acids is 3. The van der Waals surface area contributed by atoms with Gasteiger partial charge in [-0.05, 0) is 128 Å². The van der Waals surface area contributed by atoms with Gasteiger partial charge in [-0.15, -0.1) is 0 Å². The van der Waals surface area contributed by atoms with Crippen LogP contribution in [0.5, 0.6) is 40.2 Å². The van der Waals surface area contributed by atoms with Gasteiger partial charge in [0, 0.05) is 27.8 Å². The molecule has 0 aliphatic rings. The molecule has 48 heavy (non-hydrogen) atoms. The molecule has 0 atom stereocenters. The summed E-state index contributed by atoms with van der Waals surface area (Å²) in [5, 5.41) is 0. The van der Waals surface area contributed by atoms with Crippen LogP contribution in [-0.4, -0.2) is 24.5 Å². The van der Waals surface area contributed by atoms with Crippen LogP contribution >= 0.6 is 0 Å². The van der Waals surface area contributed by atoms with E-state index in [1.165, 1.54) is 6.92 Å². The quantitative estimate of drug-likeness (QED) is 0.124. The summed E-state index contributed by atoms with van der Waals surface area (Å²) in [4.78, 5) is 37.7. The van der Waals surface area contributed by atoms with E-state index >= 15 is 0 Å². The normalized spacial score (nSPS) is 10.5. The number of benzene rings is 6. The molecular formula is C41H30O7. The summed E-state index contributed by atoms with van der Waals surface area (Å²) in [6, 6.07) is 41.7. The van der Waals surface area contributed by atoms with Crippen molar-refractivity contribution in [1.82, 2.24) is 0 Å². The first-order valence-electron chi connectivity index (χ1n) is 15.1. The highest BCUT2D eigenvalue weighted by atomic mass is 16.5. The Balaban J connectivity index is 1.03. The third kappa shape index (κ3) is 7.66. The molecule has 0 spiro atoms. The molecule has 0 amide bonds. The van der Waals surface area contributed by atoms with Crippen molar-refractivity contribution in [2.45, 2.75) is 6.92 Å². The lowest BCUT2D eigenvalue weighted by molar-refractivity contribution is 0.101. The first kappa shape index (κ1) is 31.5. The molecule has 7 heteroatoms. The molecule has 0 saturated carbocycles. The van der Waals surface area contributed by atoms with Gasteiger partial charge in [-0.2, -0.15) is 0 Å². The summed E-state index contributed by atoms with van der Waals surface area (Å²) >= 11 is 0. The number of Topliss-reactive ketones (excluding diaryl/α,β-unsaturated/α-hetero) is 1. The van der Waals surface area contributed by atoms with E-state index < -0.39 is 0 Å². The molecule has 0 heterocycles. The molecule has 7 nitrogen and oxygen atoms in total. The fourth-order valence-corrected chi connectivity index (χ4v) is 4.84. The van der Waals surface area contributed by atoms with Gasteiger partial charge in [0.1, 0.15) is 40.2 Å². The van der Waals surface area contributed by atoms with Crippen LogP contribution in [0.15, 0.2) is 146 Å². The Hall–Kier alpha value is -6.47.